The highest BCUT2D eigenvalue weighted by Crippen LogP contribution is 2.38. The molecule has 1 heterocycles. The average molecular weight is 543 g/mol. The lowest BCUT2D eigenvalue weighted by atomic mass is 9.98. The molecule has 0 aromatic heterocycles. The smallest absolute Gasteiger partial charge is 0.306 e. The maximum Gasteiger partial charge on any atom is 0.306 e. The third-order valence-corrected chi connectivity index (χ3v) is 7.00. The van der Waals surface area contributed by atoms with Crippen LogP contribution in [0.25, 0.3) is 0 Å². The number of aromatic hydroxyl groups is 1. The third kappa shape index (κ3) is 6.54. The summed E-state index contributed by atoms with van der Waals surface area (Å²) in [5.41, 5.74) is 3.90. The normalized spacial score (nSPS) is 14.7. The van der Waals surface area contributed by atoms with E-state index in [1.165, 1.54) is 13.2 Å². The number of fused-ring (bicyclic) bond motifs is 2. The largest absolute Gasteiger partial charge is 0.508 e. The van der Waals surface area contributed by atoms with Gasteiger partial charge in [-0.1, -0.05) is 36.4 Å². The molecule has 4 aromatic rings. The van der Waals surface area contributed by atoms with E-state index in [0.29, 0.717) is 25.4 Å². The van der Waals surface area contributed by atoms with Crippen molar-refractivity contribution >= 4 is 5.97 Å². The number of phenols is 1. The molecule has 1 aliphatic carbocycles. The predicted octanol–water partition coefficient (Wildman–Crippen LogP) is 7.12. The van der Waals surface area contributed by atoms with E-state index in [1.807, 2.05) is 54.6 Å². The zero-order valence-electron chi connectivity index (χ0n) is 22.3. The Labute approximate surface area is 232 Å². The summed E-state index contributed by atoms with van der Waals surface area (Å²) in [6.07, 6.45) is 2.97. The Bertz CT molecular complexity index is 1450. The molecule has 1 aliphatic heterocycles. The molecule has 40 heavy (non-hydrogen) atoms. The Morgan fingerprint density at radius 3 is 2.48 bits per heavy atom. The van der Waals surface area contributed by atoms with Crippen LogP contribution in [0.3, 0.4) is 0 Å². The van der Waals surface area contributed by atoms with E-state index in [9.17, 15) is 14.3 Å². The van der Waals surface area contributed by atoms with Crippen LogP contribution in [-0.2, 0) is 29.0 Å². The number of halogens is 1. The van der Waals surface area contributed by atoms with E-state index >= 15 is 0 Å². The monoisotopic (exact) mass is 542 g/mol. The van der Waals surface area contributed by atoms with E-state index in [2.05, 4.69) is 4.74 Å². The first kappa shape index (κ1) is 27.1. The minimum Gasteiger partial charge on any atom is -0.508 e. The van der Waals surface area contributed by atoms with E-state index in [0.717, 1.165) is 58.8 Å². The van der Waals surface area contributed by atoms with Gasteiger partial charge in [0.05, 0.1) is 20.1 Å². The predicted molar refractivity (Wildman–Crippen MR) is 149 cm³/mol. The maximum absolute atomic E-state index is 13.8. The highest BCUT2D eigenvalue weighted by Gasteiger charge is 2.27. The molecule has 0 fully saturated rings. The van der Waals surface area contributed by atoms with Crippen molar-refractivity contribution in [1.29, 1.82) is 0 Å². The third-order valence-electron chi connectivity index (χ3n) is 7.00. The number of esters is 1. The van der Waals surface area contributed by atoms with Crippen LogP contribution in [0, 0.1) is 5.82 Å². The van der Waals surface area contributed by atoms with Gasteiger partial charge in [0.1, 0.15) is 41.2 Å². The van der Waals surface area contributed by atoms with Gasteiger partial charge in [-0.3, -0.25) is 4.79 Å². The summed E-state index contributed by atoms with van der Waals surface area (Å²) in [6.45, 7) is 1.00. The van der Waals surface area contributed by atoms with Gasteiger partial charge in [-0.15, -0.1) is 0 Å². The summed E-state index contributed by atoms with van der Waals surface area (Å²) in [5, 5.41) is 9.24. The van der Waals surface area contributed by atoms with Gasteiger partial charge in [0.25, 0.3) is 0 Å². The van der Waals surface area contributed by atoms with Crippen molar-refractivity contribution in [1.82, 2.24) is 0 Å². The Balaban J connectivity index is 0.000000184. The number of phenolic OH excluding ortho intramolecular Hbond substituents is 1. The fourth-order valence-corrected chi connectivity index (χ4v) is 4.92. The summed E-state index contributed by atoms with van der Waals surface area (Å²) in [7, 11) is 1.37. The molecule has 4 aromatic carbocycles. The van der Waals surface area contributed by atoms with Crippen molar-refractivity contribution in [3.8, 4) is 28.7 Å². The molecule has 1 N–H and O–H groups in total. The number of hydrogen-bond donors (Lipinski definition) is 1. The Hall–Kier alpha value is -4.52. The molecule has 6 rings (SSSR count). The first-order valence-corrected chi connectivity index (χ1v) is 13.3. The standard InChI is InChI=1S/C22H19FO2.C11H12O4/c23-21-13-14-22(20-8-4-7-19(20)21)25-18-11-9-17(10-12-18)24-15-16-5-2-1-3-6-16;1-14-11(13)4-7-6-15-10-5-8(12)2-3-9(7)10/h1-3,5-6,9-14H,4,7-8,15H2;2-3,5,7,12H,4,6H2,1H3. The van der Waals surface area contributed by atoms with Gasteiger partial charge < -0.3 is 24.1 Å². The van der Waals surface area contributed by atoms with Crippen molar-refractivity contribution in [2.24, 2.45) is 0 Å². The first-order chi connectivity index (χ1) is 19.5. The highest BCUT2D eigenvalue weighted by atomic mass is 19.1. The van der Waals surface area contributed by atoms with Crippen molar-refractivity contribution in [3.63, 3.8) is 0 Å². The van der Waals surface area contributed by atoms with Crippen molar-refractivity contribution < 1.29 is 33.2 Å². The van der Waals surface area contributed by atoms with Gasteiger partial charge >= 0.3 is 5.97 Å². The summed E-state index contributed by atoms with van der Waals surface area (Å²) in [5.74, 6) is 2.78. The molecule has 206 valence electrons. The molecular formula is C33H31FO6. The lowest BCUT2D eigenvalue weighted by Gasteiger charge is -2.12. The van der Waals surface area contributed by atoms with Crippen LogP contribution >= 0.6 is 0 Å². The van der Waals surface area contributed by atoms with Gasteiger partial charge in [-0.05, 0) is 72.9 Å². The molecule has 0 bridgehead atoms. The van der Waals surface area contributed by atoms with E-state index < -0.39 is 0 Å². The fourth-order valence-electron chi connectivity index (χ4n) is 4.92. The summed E-state index contributed by atoms with van der Waals surface area (Å²) >= 11 is 0. The van der Waals surface area contributed by atoms with Crippen LogP contribution in [0.4, 0.5) is 4.39 Å². The molecule has 7 heteroatoms. The topological polar surface area (TPSA) is 74.2 Å². The molecule has 1 atom stereocenters. The molecule has 1 unspecified atom stereocenters. The number of rotatable bonds is 7. The molecule has 2 aliphatic rings. The second-order valence-corrected chi connectivity index (χ2v) is 9.71. The Morgan fingerprint density at radius 1 is 0.950 bits per heavy atom. The lowest BCUT2D eigenvalue weighted by molar-refractivity contribution is -0.141. The fraction of sp³-hybridized carbons (Fsp3) is 0.242. The SMILES string of the molecule is COC(=O)CC1COc2cc(O)ccc21.Fc1ccc(Oc2ccc(OCc3ccccc3)cc2)c2c1CCC2. The van der Waals surface area contributed by atoms with Crippen molar-refractivity contribution in [2.75, 3.05) is 13.7 Å². The quantitative estimate of drug-likeness (QED) is 0.251. The molecule has 0 saturated carbocycles. The molecule has 0 radical (unpaired) electrons. The minimum absolute atomic E-state index is 0.0352. The minimum atomic E-state index is -0.246. The van der Waals surface area contributed by atoms with Crippen LogP contribution in [0.2, 0.25) is 0 Å². The Morgan fingerprint density at radius 2 is 1.70 bits per heavy atom. The Kier molecular flexibility index (Phi) is 8.50. The molecule has 6 nitrogen and oxygen atoms in total. The van der Waals surface area contributed by atoms with Gasteiger partial charge in [0.2, 0.25) is 0 Å². The molecule has 0 spiro atoms. The van der Waals surface area contributed by atoms with Gasteiger partial charge in [0.15, 0.2) is 0 Å². The summed E-state index contributed by atoms with van der Waals surface area (Å²) in [6, 6.07) is 25.8. The summed E-state index contributed by atoms with van der Waals surface area (Å²) in [4.78, 5) is 11.1. The number of ether oxygens (including phenoxy) is 4. The van der Waals surface area contributed by atoms with Gasteiger partial charge in [0, 0.05) is 23.1 Å². The molecule has 0 saturated heterocycles. The van der Waals surface area contributed by atoms with Gasteiger partial charge in [-0.2, -0.15) is 0 Å². The zero-order valence-corrected chi connectivity index (χ0v) is 22.3. The molecular weight excluding hydrogens is 511 g/mol. The van der Waals surface area contributed by atoms with Crippen LogP contribution in [0.15, 0.2) is 84.9 Å². The number of benzene rings is 4. The number of hydrogen-bond acceptors (Lipinski definition) is 6. The first-order valence-electron chi connectivity index (χ1n) is 13.3. The average Bonchev–Trinajstić information content (AvgIpc) is 3.63. The van der Waals surface area contributed by atoms with E-state index in [-0.39, 0.29) is 23.5 Å². The number of carbonyl (C=O) groups is 1. The lowest BCUT2D eigenvalue weighted by Crippen LogP contribution is -2.09. The highest BCUT2D eigenvalue weighted by molar-refractivity contribution is 5.71. The van der Waals surface area contributed by atoms with Crippen molar-refractivity contribution in [2.45, 2.75) is 38.2 Å². The van der Waals surface area contributed by atoms with Crippen LogP contribution < -0.4 is 14.2 Å². The summed E-state index contributed by atoms with van der Waals surface area (Å²) < 4.78 is 35.5. The van der Waals surface area contributed by atoms with Crippen LogP contribution in [0.5, 0.6) is 28.7 Å². The zero-order chi connectivity index (χ0) is 27.9. The van der Waals surface area contributed by atoms with E-state index in [1.54, 1.807) is 24.3 Å². The van der Waals surface area contributed by atoms with Crippen LogP contribution in [-0.4, -0.2) is 24.8 Å². The maximum atomic E-state index is 13.8. The number of carbonyl (C=O) groups excluding carboxylic acids is 1. The second kappa shape index (κ2) is 12.6. The van der Waals surface area contributed by atoms with E-state index in [4.69, 9.17) is 14.2 Å². The second-order valence-electron chi connectivity index (χ2n) is 9.71. The van der Waals surface area contributed by atoms with Gasteiger partial charge in [-0.25, -0.2) is 4.39 Å². The van der Waals surface area contributed by atoms with Crippen LogP contribution in [0.1, 0.15) is 41.0 Å². The molecule has 0 amide bonds. The van der Waals surface area contributed by atoms with Crippen molar-refractivity contribution in [3.05, 3.63) is 113 Å². The number of methoxy groups -OCH3 is 1.